The Morgan fingerprint density at radius 1 is 1.20 bits per heavy atom. The monoisotopic (exact) mass is 338 g/mol. The molecule has 2 heterocycles. The second-order valence-electron chi connectivity index (χ2n) is 6.55. The number of piperidine rings is 1. The van der Waals surface area contributed by atoms with E-state index in [0.717, 1.165) is 31.6 Å². The van der Waals surface area contributed by atoms with E-state index in [-0.39, 0.29) is 11.7 Å². The summed E-state index contributed by atoms with van der Waals surface area (Å²) in [5.41, 5.74) is 1.85. The standard InChI is InChI=1S/C19H22N4O2/c1-13-4-3-9-23(11-13)19(25)17-10-18(21-12-20-17)22-16-7-5-15(6-8-16)14(2)24/h5-8,10,12-13H,3-4,9,11H2,1-2H3,(H,20,21,22). The van der Waals surface area contributed by atoms with Crippen molar-refractivity contribution in [3.05, 3.63) is 47.9 Å². The molecule has 0 spiro atoms. The molecule has 1 aromatic heterocycles. The summed E-state index contributed by atoms with van der Waals surface area (Å²) >= 11 is 0. The first-order valence-electron chi connectivity index (χ1n) is 8.52. The second kappa shape index (κ2) is 7.42. The lowest BCUT2D eigenvalue weighted by Crippen LogP contribution is -2.39. The molecule has 1 N–H and O–H groups in total. The number of carbonyl (C=O) groups excluding carboxylic acids is 2. The summed E-state index contributed by atoms with van der Waals surface area (Å²) in [7, 11) is 0. The van der Waals surface area contributed by atoms with E-state index in [1.807, 2.05) is 17.0 Å². The van der Waals surface area contributed by atoms with Crippen LogP contribution in [0.15, 0.2) is 36.7 Å². The van der Waals surface area contributed by atoms with E-state index in [1.54, 1.807) is 18.2 Å². The molecule has 1 atom stereocenters. The quantitative estimate of drug-likeness (QED) is 0.866. The Morgan fingerprint density at radius 3 is 2.64 bits per heavy atom. The van der Waals surface area contributed by atoms with Crippen molar-refractivity contribution in [2.75, 3.05) is 18.4 Å². The molecule has 25 heavy (non-hydrogen) atoms. The van der Waals surface area contributed by atoms with Crippen molar-refractivity contribution in [2.24, 2.45) is 5.92 Å². The number of benzene rings is 1. The van der Waals surface area contributed by atoms with Crippen LogP contribution < -0.4 is 5.32 Å². The lowest BCUT2D eigenvalue weighted by Gasteiger charge is -2.30. The minimum absolute atomic E-state index is 0.0252. The third kappa shape index (κ3) is 4.21. The van der Waals surface area contributed by atoms with Crippen LogP contribution >= 0.6 is 0 Å². The number of aromatic nitrogens is 2. The molecule has 3 rings (SSSR count). The number of rotatable bonds is 4. The van der Waals surface area contributed by atoms with E-state index >= 15 is 0 Å². The Kier molecular flexibility index (Phi) is 5.07. The smallest absolute Gasteiger partial charge is 0.272 e. The molecule has 0 radical (unpaired) electrons. The van der Waals surface area contributed by atoms with Gasteiger partial charge in [0.1, 0.15) is 17.8 Å². The number of hydrogen-bond donors (Lipinski definition) is 1. The van der Waals surface area contributed by atoms with Crippen molar-refractivity contribution in [3.63, 3.8) is 0 Å². The van der Waals surface area contributed by atoms with Gasteiger partial charge in [-0.15, -0.1) is 0 Å². The Balaban J connectivity index is 1.72. The molecule has 1 amide bonds. The predicted molar refractivity (Wildman–Crippen MR) is 96.1 cm³/mol. The zero-order valence-electron chi connectivity index (χ0n) is 14.5. The molecule has 0 saturated carbocycles. The number of nitrogens with zero attached hydrogens (tertiary/aromatic N) is 3. The van der Waals surface area contributed by atoms with Gasteiger partial charge in [-0.25, -0.2) is 9.97 Å². The Morgan fingerprint density at radius 2 is 1.96 bits per heavy atom. The number of hydrogen-bond acceptors (Lipinski definition) is 5. The van der Waals surface area contributed by atoms with Gasteiger partial charge in [-0.1, -0.05) is 6.92 Å². The van der Waals surface area contributed by atoms with Gasteiger partial charge in [-0.3, -0.25) is 9.59 Å². The van der Waals surface area contributed by atoms with Crippen molar-refractivity contribution in [3.8, 4) is 0 Å². The molecule has 1 aromatic carbocycles. The fraction of sp³-hybridized carbons (Fsp3) is 0.368. The van der Waals surface area contributed by atoms with Crippen LogP contribution in [0.1, 0.15) is 47.5 Å². The number of anilines is 2. The van der Waals surface area contributed by atoms with Crippen molar-refractivity contribution >= 4 is 23.2 Å². The third-order valence-electron chi connectivity index (χ3n) is 4.39. The molecule has 1 aliphatic rings. The van der Waals surface area contributed by atoms with Crippen LogP contribution in [-0.2, 0) is 0 Å². The van der Waals surface area contributed by atoms with E-state index in [9.17, 15) is 9.59 Å². The number of nitrogens with one attached hydrogen (secondary N) is 1. The number of Topliss-reactive ketones (excluding diaryl/α,β-unsaturated/α-hetero) is 1. The summed E-state index contributed by atoms with van der Waals surface area (Å²) < 4.78 is 0. The van der Waals surface area contributed by atoms with E-state index in [4.69, 9.17) is 0 Å². The first-order valence-corrected chi connectivity index (χ1v) is 8.52. The maximum atomic E-state index is 12.6. The van der Waals surface area contributed by atoms with Crippen molar-refractivity contribution in [1.29, 1.82) is 0 Å². The van der Waals surface area contributed by atoms with Gasteiger partial charge >= 0.3 is 0 Å². The van der Waals surface area contributed by atoms with Gasteiger partial charge in [-0.05, 0) is 49.9 Å². The van der Waals surface area contributed by atoms with Crippen LogP contribution in [0.5, 0.6) is 0 Å². The van der Waals surface area contributed by atoms with E-state index in [1.165, 1.54) is 13.3 Å². The summed E-state index contributed by atoms with van der Waals surface area (Å²) in [6.07, 6.45) is 3.59. The van der Waals surface area contributed by atoms with E-state index in [2.05, 4.69) is 22.2 Å². The highest BCUT2D eigenvalue weighted by molar-refractivity contribution is 5.94. The summed E-state index contributed by atoms with van der Waals surface area (Å²) in [6.45, 7) is 5.25. The summed E-state index contributed by atoms with van der Waals surface area (Å²) in [6, 6.07) is 8.81. The van der Waals surface area contributed by atoms with E-state index in [0.29, 0.717) is 23.0 Å². The third-order valence-corrected chi connectivity index (χ3v) is 4.39. The molecule has 0 bridgehead atoms. The lowest BCUT2D eigenvalue weighted by atomic mass is 10.00. The van der Waals surface area contributed by atoms with Crippen LogP contribution in [0.3, 0.4) is 0 Å². The minimum atomic E-state index is -0.0519. The first-order chi connectivity index (χ1) is 12.0. The molecule has 1 unspecified atom stereocenters. The van der Waals surface area contributed by atoms with Crippen LogP contribution in [0.2, 0.25) is 0 Å². The van der Waals surface area contributed by atoms with E-state index < -0.39 is 0 Å². The number of ketones is 1. The molecular formula is C19H22N4O2. The van der Waals surface area contributed by atoms with Crippen molar-refractivity contribution < 1.29 is 9.59 Å². The zero-order valence-corrected chi connectivity index (χ0v) is 14.5. The Hall–Kier alpha value is -2.76. The molecule has 6 heteroatoms. The van der Waals surface area contributed by atoms with Gasteiger partial charge in [0.25, 0.3) is 5.91 Å². The fourth-order valence-electron chi connectivity index (χ4n) is 3.01. The highest BCUT2D eigenvalue weighted by atomic mass is 16.2. The topological polar surface area (TPSA) is 75.2 Å². The second-order valence-corrected chi connectivity index (χ2v) is 6.55. The Bertz CT molecular complexity index is 773. The summed E-state index contributed by atoms with van der Waals surface area (Å²) in [5, 5.41) is 3.14. The zero-order chi connectivity index (χ0) is 17.8. The molecule has 0 aliphatic carbocycles. The highest BCUT2D eigenvalue weighted by Gasteiger charge is 2.23. The van der Waals surface area contributed by atoms with Crippen LogP contribution in [0.25, 0.3) is 0 Å². The van der Waals surface area contributed by atoms with Gasteiger partial charge in [0, 0.05) is 30.4 Å². The maximum absolute atomic E-state index is 12.6. The summed E-state index contributed by atoms with van der Waals surface area (Å²) in [4.78, 5) is 34.1. The minimum Gasteiger partial charge on any atom is -0.340 e. The molecule has 130 valence electrons. The largest absolute Gasteiger partial charge is 0.340 e. The average molecular weight is 338 g/mol. The van der Waals surface area contributed by atoms with Gasteiger partial charge < -0.3 is 10.2 Å². The highest BCUT2D eigenvalue weighted by Crippen LogP contribution is 2.19. The van der Waals surface area contributed by atoms with Crippen LogP contribution in [-0.4, -0.2) is 39.6 Å². The number of likely N-dealkylation sites (tertiary alicyclic amines) is 1. The number of amides is 1. The Labute approximate surface area is 147 Å². The van der Waals surface area contributed by atoms with Gasteiger partial charge in [0.05, 0.1) is 0 Å². The van der Waals surface area contributed by atoms with Gasteiger partial charge in [-0.2, -0.15) is 0 Å². The molecule has 1 aliphatic heterocycles. The van der Waals surface area contributed by atoms with Crippen molar-refractivity contribution in [2.45, 2.75) is 26.7 Å². The summed E-state index contributed by atoms with van der Waals surface area (Å²) in [5.74, 6) is 1.05. The predicted octanol–water partition coefficient (Wildman–Crippen LogP) is 3.29. The molecule has 1 fully saturated rings. The molecular weight excluding hydrogens is 316 g/mol. The van der Waals surface area contributed by atoms with Gasteiger partial charge in [0.2, 0.25) is 0 Å². The molecule has 1 saturated heterocycles. The fourth-order valence-corrected chi connectivity index (χ4v) is 3.01. The molecule has 6 nitrogen and oxygen atoms in total. The van der Waals surface area contributed by atoms with Crippen LogP contribution in [0, 0.1) is 5.92 Å². The number of carbonyl (C=O) groups is 2. The normalized spacial score (nSPS) is 17.2. The maximum Gasteiger partial charge on any atom is 0.272 e. The SMILES string of the molecule is CC(=O)c1ccc(Nc2cc(C(=O)N3CCCC(C)C3)ncn2)cc1. The van der Waals surface area contributed by atoms with Crippen molar-refractivity contribution in [1.82, 2.24) is 14.9 Å². The molecule has 2 aromatic rings. The first kappa shape index (κ1) is 17.1. The van der Waals surface area contributed by atoms with Crippen LogP contribution in [0.4, 0.5) is 11.5 Å². The average Bonchev–Trinajstić information content (AvgIpc) is 2.62. The lowest BCUT2D eigenvalue weighted by molar-refractivity contribution is 0.0677. The van der Waals surface area contributed by atoms with Gasteiger partial charge in [0.15, 0.2) is 5.78 Å².